The van der Waals surface area contributed by atoms with Crippen LogP contribution in [0, 0.1) is 16.7 Å². The lowest BCUT2D eigenvalue weighted by Crippen LogP contribution is -2.57. The van der Waals surface area contributed by atoms with Gasteiger partial charge in [0.1, 0.15) is 0 Å². The number of amides is 1. The number of nitrogens with zero attached hydrogens (tertiary/aromatic N) is 2. The third kappa shape index (κ3) is 4.04. The normalized spacial score (nSPS) is 33.9. The third-order valence-electron chi connectivity index (χ3n) is 7.38. The molecule has 1 saturated carbocycles. The predicted molar refractivity (Wildman–Crippen MR) is 116 cm³/mol. The molecule has 0 bridgehead atoms. The lowest BCUT2D eigenvalue weighted by molar-refractivity contribution is -0.144. The molecule has 5 atom stereocenters. The van der Waals surface area contributed by atoms with E-state index in [1.54, 1.807) is 11.3 Å². The fourth-order valence-corrected chi connectivity index (χ4v) is 6.45. The van der Waals surface area contributed by atoms with Gasteiger partial charge in [-0.05, 0) is 44.7 Å². The highest BCUT2D eigenvalue weighted by Crippen LogP contribution is 2.62. The summed E-state index contributed by atoms with van der Waals surface area (Å²) < 4.78 is 0. The van der Waals surface area contributed by atoms with Crippen LogP contribution in [0.4, 0.5) is 5.13 Å². The Morgan fingerprint density at radius 2 is 2.10 bits per heavy atom. The Morgan fingerprint density at radius 3 is 2.72 bits per heavy atom. The SMILES string of the molecule is CNc1nc2c(s1)CC1C(C)(CO)C(O)CCC1(C)C2CC(=O)NCCN(C)C. The summed E-state index contributed by atoms with van der Waals surface area (Å²) in [6.07, 6.45) is 2.12. The van der Waals surface area contributed by atoms with Gasteiger partial charge in [-0.3, -0.25) is 4.79 Å². The van der Waals surface area contributed by atoms with E-state index in [2.05, 4.69) is 17.6 Å². The van der Waals surface area contributed by atoms with Crippen molar-refractivity contribution in [1.82, 2.24) is 15.2 Å². The number of carbonyl (C=O) groups is 1. The number of hydrogen-bond donors (Lipinski definition) is 4. The minimum atomic E-state index is -0.575. The maximum absolute atomic E-state index is 12.8. The van der Waals surface area contributed by atoms with Crippen LogP contribution >= 0.6 is 11.3 Å². The van der Waals surface area contributed by atoms with E-state index in [1.165, 1.54) is 4.88 Å². The summed E-state index contributed by atoms with van der Waals surface area (Å²) in [5.74, 6) is 0.119. The fraction of sp³-hybridized carbons (Fsp3) is 0.810. The maximum atomic E-state index is 12.8. The molecule has 1 fully saturated rings. The van der Waals surface area contributed by atoms with Gasteiger partial charge in [-0.2, -0.15) is 0 Å². The van der Waals surface area contributed by atoms with Crippen molar-refractivity contribution in [3.8, 4) is 0 Å². The molecular formula is C21H36N4O3S. The van der Waals surface area contributed by atoms with Gasteiger partial charge in [0, 0.05) is 42.8 Å². The first-order valence-electron chi connectivity index (χ1n) is 10.5. The molecule has 0 saturated heterocycles. The van der Waals surface area contributed by atoms with Gasteiger partial charge in [0.2, 0.25) is 5.91 Å². The van der Waals surface area contributed by atoms with Crippen molar-refractivity contribution in [2.75, 3.05) is 46.2 Å². The van der Waals surface area contributed by atoms with Crippen LogP contribution in [0.25, 0.3) is 0 Å². The van der Waals surface area contributed by atoms with Crippen molar-refractivity contribution in [3.63, 3.8) is 0 Å². The zero-order chi connectivity index (χ0) is 21.4. The number of nitrogens with one attached hydrogen (secondary N) is 2. The highest BCUT2D eigenvalue weighted by molar-refractivity contribution is 7.15. The Kier molecular flexibility index (Phi) is 6.58. The number of thiazole rings is 1. The van der Waals surface area contributed by atoms with E-state index in [1.807, 2.05) is 33.0 Å². The van der Waals surface area contributed by atoms with E-state index in [0.29, 0.717) is 19.4 Å². The van der Waals surface area contributed by atoms with Gasteiger partial charge in [-0.25, -0.2) is 4.98 Å². The zero-order valence-electron chi connectivity index (χ0n) is 18.3. The molecule has 0 aromatic carbocycles. The number of aromatic nitrogens is 1. The number of hydrogen-bond acceptors (Lipinski definition) is 7. The van der Waals surface area contributed by atoms with Gasteiger partial charge < -0.3 is 25.7 Å². The second-order valence-corrected chi connectivity index (χ2v) is 10.6. The molecule has 1 aromatic rings. The second-order valence-electron chi connectivity index (χ2n) is 9.47. The molecule has 3 rings (SSSR count). The van der Waals surface area contributed by atoms with Gasteiger partial charge in [0.25, 0.3) is 0 Å². The standard InChI is InChI=1S/C21H36N4O3S/c1-20-7-6-16(27)21(2,12-26)15(20)11-14-18(24-19(22-3)29-14)13(20)10-17(28)23-8-9-25(4)5/h13,15-16,26-27H,6-12H2,1-5H3,(H,22,24)(H,23,28). The van der Waals surface area contributed by atoms with Gasteiger partial charge in [0.15, 0.2) is 5.13 Å². The summed E-state index contributed by atoms with van der Waals surface area (Å²) in [6.45, 7) is 5.60. The van der Waals surface area contributed by atoms with E-state index in [9.17, 15) is 15.0 Å². The summed E-state index contributed by atoms with van der Waals surface area (Å²) in [6, 6.07) is 0. The highest BCUT2D eigenvalue weighted by Gasteiger charge is 2.59. The van der Waals surface area contributed by atoms with Crippen LogP contribution in [0.5, 0.6) is 0 Å². The molecule has 0 aliphatic heterocycles. The molecule has 8 heteroatoms. The molecule has 5 unspecified atom stereocenters. The van der Waals surface area contributed by atoms with Crippen molar-refractivity contribution in [2.45, 2.75) is 51.6 Å². The van der Waals surface area contributed by atoms with Crippen molar-refractivity contribution < 1.29 is 15.0 Å². The molecule has 164 valence electrons. The van der Waals surface area contributed by atoms with Gasteiger partial charge in [-0.15, -0.1) is 11.3 Å². The maximum Gasteiger partial charge on any atom is 0.220 e. The molecule has 2 aliphatic carbocycles. The highest BCUT2D eigenvalue weighted by atomic mass is 32.1. The summed E-state index contributed by atoms with van der Waals surface area (Å²) in [5, 5.41) is 28.0. The predicted octanol–water partition coefficient (Wildman–Crippen LogP) is 1.67. The minimum absolute atomic E-state index is 0.0210. The van der Waals surface area contributed by atoms with Crippen molar-refractivity contribution in [3.05, 3.63) is 10.6 Å². The smallest absolute Gasteiger partial charge is 0.220 e. The minimum Gasteiger partial charge on any atom is -0.396 e. The van der Waals surface area contributed by atoms with Crippen LogP contribution < -0.4 is 10.6 Å². The second kappa shape index (κ2) is 8.49. The molecule has 29 heavy (non-hydrogen) atoms. The topological polar surface area (TPSA) is 97.7 Å². The Bertz CT molecular complexity index is 740. The lowest BCUT2D eigenvalue weighted by Gasteiger charge is -2.58. The van der Waals surface area contributed by atoms with Crippen LogP contribution in [0.3, 0.4) is 0 Å². The van der Waals surface area contributed by atoms with Crippen LogP contribution in [-0.2, 0) is 11.2 Å². The van der Waals surface area contributed by atoms with Gasteiger partial charge in [-0.1, -0.05) is 13.8 Å². The molecule has 7 nitrogen and oxygen atoms in total. The number of carbonyl (C=O) groups excluding carboxylic acids is 1. The zero-order valence-corrected chi connectivity index (χ0v) is 19.1. The lowest BCUT2D eigenvalue weighted by atomic mass is 9.47. The van der Waals surface area contributed by atoms with E-state index in [-0.39, 0.29) is 29.8 Å². The fourth-order valence-electron chi connectivity index (χ4n) is 5.43. The quantitative estimate of drug-likeness (QED) is 0.532. The Hall–Kier alpha value is -1.22. The first-order valence-corrected chi connectivity index (χ1v) is 11.3. The van der Waals surface area contributed by atoms with Crippen molar-refractivity contribution in [1.29, 1.82) is 0 Å². The van der Waals surface area contributed by atoms with Crippen molar-refractivity contribution >= 4 is 22.4 Å². The first kappa shape index (κ1) is 22.5. The number of aliphatic hydroxyl groups is 2. The summed E-state index contributed by atoms with van der Waals surface area (Å²) >= 11 is 1.63. The van der Waals surface area contributed by atoms with Crippen LogP contribution in [0.1, 0.15) is 49.6 Å². The molecule has 1 heterocycles. The molecular weight excluding hydrogens is 388 g/mol. The van der Waals surface area contributed by atoms with Crippen LogP contribution in [-0.4, -0.2) is 72.9 Å². The molecule has 0 spiro atoms. The summed E-state index contributed by atoms with van der Waals surface area (Å²) in [5.41, 5.74) is 0.257. The first-order chi connectivity index (χ1) is 13.7. The Morgan fingerprint density at radius 1 is 1.38 bits per heavy atom. The monoisotopic (exact) mass is 424 g/mol. The molecule has 0 radical (unpaired) electrons. The van der Waals surface area contributed by atoms with Gasteiger partial charge in [0.05, 0.1) is 18.4 Å². The van der Waals surface area contributed by atoms with E-state index in [0.717, 1.165) is 30.2 Å². The summed E-state index contributed by atoms with van der Waals surface area (Å²) in [4.78, 5) is 20.9. The number of rotatable bonds is 7. The number of likely N-dealkylation sites (N-methyl/N-ethyl adjacent to an activating group) is 1. The Balaban J connectivity index is 1.94. The third-order valence-corrected chi connectivity index (χ3v) is 8.49. The van der Waals surface area contributed by atoms with E-state index in [4.69, 9.17) is 4.98 Å². The van der Waals surface area contributed by atoms with Gasteiger partial charge >= 0.3 is 0 Å². The Labute approximate surface area is 177 Å². The molecule has 2 aliphatic rings. The number of aliphatic hydroxyl groups excluding tert-OH is 2. The number of anilines is 1. The van der Waals surface area contributed by atoms with Crippen molar-refractivity contribution in [2.24, 2.45) is 16.7 Å². The molecule has 1 aromatic heterocycles. The largest absolute Gasteiger partial charge is 0.396 e. The molecule has 1 amide bonds. The average molecular weight is 425 g/mol. The van der Waals surface area contributed by atoms with Crippen LogP contribution in [0.15, 0.2) is 0 Å². The van der Waals surface area contributed by atoms with Crippen LogP contribution in [0.2, 0.25) is 0 Å². The number of fused-ring (bicyclic) bond motifs is 2. The summed E-state index contributed by atoms with van der Waals surface area (Å²) in [7, 11) is 5.84. The van der Waals surface area contributed by atoms with E-state index >= 15 is 0 Å². The average Bonchev–Trinajstić information content (AvgIpc) is 3.09. The molecule has 4 N–H and O–H groups in total. The van der Waals surface area contributed by atoms with E-state index < -0.39 is 11.5 Å².